The molecule has 2 heterocycles. The Labute approximate surface area is 162 Å². The maximum absolute atomic E-state index is 12.4. The van der Waals surface area contributed by atoms with Crippen molar-refractivity contribution in [1.82, 2.24) is 9.80 Å². The minimum atomic E-state index is -0.0844. The molecule has 5 nitrogen and oxygen atoms in total. The number of benzene rings is 1. The summed E-state index contributed by atoms with van der Waals surface area (Å²) < 4.78 is 0. The maximum Gasteiger partial charge on any atom is 0.233 e. The number of hydrogen-bond donors (Lipinski definition) is 1. The highest BCUT2D eigenvalue weighted by Gasteiger charge is 2.21. The van der Waals surface area contributed by atoms with Crippen molar-refractivity contribution in [2.45, 2.75) is 18.4 Å². The molecule has 0 atom stereocenters. The molecule has 1 aromatic carbocycles. The number of rotatable bonds is 6. The van der Waals surface area contributed by atoms with Crippen LogP contribution in [-0.4, -0.2) is 53.5 Å². The van der Waals surface area contributed by atoms with Gasteiger partial charge in [-0.3, -0.25) is 14.5 Å². The molecule has 1 aliphatic heterocycles. The third kappa shape index (κ3) is 5.59. The van der Waals surface area contributed by atoms with E-state index in [-0.39, 0.29) is 11.8 Å². The Morgan fingerprint density at radius 2 is 1.85 bits per heavy atom. The monoisotopic (exact) mass is 389 g/mol. The van der Waals surface area contributed by atoms with Crippen molar-refractivity contribution in [2.75, 3.05) is 37.2 Å². The van der Waals surface area contributed by atoms with E-state index in [2.05, 4.69) is 27.7 Å². The van der Waals surface area contributed by atoms with Gasteiger partial charge in [-0.25, -0.2) is 0 Å². The van der Waals surface area contributed by atoms with Crippen molar-refractivity contribution in [3.05, 3.63) is 46.7 Å². The topological polar surface area (TPSA) is 52.7 Å². The van der Waals surface area contributed by atoms with E-state index in [1.54, 1.807) is 11.3 Å². The largest absolute Gasteiger partial charge is 0.339 e. The Morgan fingerprint density at radius 3 is 2.46 bits per heavy atom. The maximum atomic E-state index is 12.4. The number of piperazine rings is 1. The van der Waals surface area contributed by atoms with Crippen molar-refractivity contribution < 1.29 is 9.59 Å². The van der Waals surface area contributed by atoms with Gasteiger partial charge in [0.15, 0.2) is 0 Å². The lowest BCUT2D eigenvalue weighted by Gasteiger charge is -2.34. The second kappa shape index (κ2) is 9.21. The zero-order valence-electron chi connectivity index (χ0n) is 14.8. The first-order valence-corrected chi connectivity index (χ1v) is 10.5. The van der Waals surface area contributed by atoms with E-state index in [4.69, 9.17) is 0 Å². The second-order valence-corrected chi connectivity index (χ2v) is 8.31. The molecule has 0 radical (unpaired) electrons. The minimum Gasteiger partial charge on any atom is -0.339 e. The van der Waals surface area contributed by atoms with Gasteiger partial charge in [0.1, 0.15) is 0 Å². The number of hydrogen-bond acceptors (Lipinski definition) is 5. The van der Waals surface area contributed by atoms with Crippen LogP contribution in [0.5, 0.6) is 0 Å². The zero-order chi connectivity index (χ0) is 18.4. The Bertz CT molecular complexity index is 724. The molecule has 7 heteroatoms. The number of nitrogens with zero attached hydrogens (tertiary/aromatic N) is 2. The van der Waals surface area contributed by atoms with Gasteiger partial charge < -0.3 is 10.2 Å². The molecule has 1 aliphatic rings. The van der Waals surface area contributed by atoms with Gasteiger partial charge in [0, 0.05) is 55.1 Å². The first kappa shape index (κ1) is 18.9. The molecule has 1 fully saturated rings. The summed E-state index contributed by atoms with van der Waals surface area (Å²) >= 11 is 3.32. The number of anilines is 1. The molecule has 3 rings (SSSR count). The lowest BCUT2D eigenvalue weighted by Crippen LogP contribution is -2.48. The highest BCUT2D eigenvalue weighted by atomic mass is 32.2. The second-order valence-electron chi connectivity index (χ2n) is 6.23. The first-order valence-electron chi connectivity index (χ1n) is 8.63. The van der Waals surface area contributed by atoms with Crippen LogP contribution in [0.25, 0.3) is 0 Å². The van der Waals surface area contributed by atoms with E-state index in [0.717, 1.165) is 43.3 Å². The van der Waals surface area contributed by atoms with Crippen LogP contribution in [-0.2, 0) is 16.1 Å². The van der Waals surface area contributed by atoms with Crippen molar-refractivity contribution in [2.24, 2.45) is 0 Å². The van der Waals surface area contributed by atoms with Crippen LogP contribution < -0.4 is 5.32 Å². The van der Waals surface area contributed by atoms with Gasteiger partial charge in [-0.1, -0.05) is 6.07 Å². The van der Waals surface area contributed by atoms with Crippen LogP contribution in [0.2, 0.25) is 0 Å². The average molecular weight is 390 g/mol. The molecule has 1 N–H and O–H groups in total. The summed E-state index contributed by atoms with van der Waals surface area (Å²) in [5, 5.41) is 4.85. The SMILES string of the molecule is CC(=O)Nc1ccc(SCC(=O)N2CCN(Cc3cccs3)CC2)cc1. The fourth-order valence-electron chi connectivity index (χ4n) is 2.85. The van der Waals surface area contributed by atoms with Gasteiger partial charge in [0.25, 0.3) is 0 Å². The normalized spacial score (nSPS) is 15.0. The number of nitrogens with one attached hydrogen (secondary N) is 1. The van der Waals surface area contributed by atoms with E-state index in [1.807, 2.05) is 29.2 Å². The molecule has 0 bridgehead atoms. The lowest BCUT2D eigenvalue weighted by molar-refractivity contribution is -0.130. The van der Waals surface area contributed by atoms with E-state index < -0.39 is 0 Å². The standard InChI is InChI=1S/C19H23N3O2S2/c1-15(23)20-16-4-6-17(7-5-16)26-14-19(24)22-10-8-21(9-11-22)13-18-3-2-12-25-18/h2-7,12H,8-11,13-14H2,1H3,(H,20,23). The van der Waals surface area contributed by atoms with Crippen molar-refractivity contribution in [3.63, 3.8) is 0 Å². The fraction of sp³-hybridized carbons (Fsp3) is 0.368. The van der Waals surface area contributed by atoms with Gasteiger partial charge in [0.2, 0.25) is 11.8 Å². The number of thioether (sulfide) groups is 1. The molecule has 1 saturated heterocycles. The Balaban J connectivity index is 1.40. The van der Waals surface area contributed by atoms with E-state index >= 15 is 0 Å². The molecule has 138 valence electrons. The number of carbonyl (C=O) groups is 2. The highest BCUT2D eigenvalue weighted by Crippen LogP contribution is 2.21. The summed E-state index contributed by atoms with van der Waals surface area (Å²) in [6.45, 7) is 5.93. The van der Waals surface area contributed by atoms with Gasteiger partial charge in [0.05, 0.1) is 5.75 Å². The van der Waals surface area contributed by atoms with Crippen LogP contribution in [0, 0.1) is 0 Å². The van der Waals surface area contributed by atoms with Crippen LogP contribution in [0.4, 0.5) is 5.69 Å². The summed E-state index contributed by atoms with van der Waals surface area (Å²) in [5.74, 6) is 0.556. The van der Waals surface area contributed by atoms with E-state index in [1.165, 1.54) is 23.6 Å². The molecule has 0 aliphatic carbocycles. The van der Waals surface area contributed by atoms with Crippen LogP contribution in [0.3, 0.4) is 0 Å². The number of thiophene rings is 1. The first-order chi connectivity index (χ1) is 12.6. The van der Waals surface area contributed by atoms with Gasteiger partial charge in [-0.05, 0) is 35.7 Å². The molecular formula is C19H23N3O2S2. The molecule has 26 heavy (non-hydrogen) atoms. The van der Waals surface area contributed by atoms with Crippen LogP contribution in [0.15, 0.2) is 46.7 Å². The molecule has 2 amide bonds. The van der Waals surface area contributed by atoms with Gasteiger partial charge >= 0.3 is 0 Å². The lowest BCUT2D eigenvalue weighted by atomic mass is 10.3. The van der Waals surface area contributed by atoms with Crippen molar-refractivity contribution >= 4 is 40.6 Å². The predicted molar refractivity (Wildman–Crippen MR) is 108 cm³/mol. The zero-order valence-corrected chi connectivity index (χ0v) is 16.4. The summed E-state index contributed by atoms with van der Waals surface area (Å²) in [6.07, 6.45) is 0. The summed E-state index contributed by atoms with van der Waals surface area (Å²) in [5.41, 5.74) is 0.773. The minimum absolute atomic E-state index is 0.0844. The summed E-state index contributed by atoms with van der Waals surface area (Å²) in [6, 6.07) is 11.8. The molecule has 0 saturated carbocycles. The van der Waals surface area contributed by atoms with E-state index in [0.29, 0.717) is 5.75 Å². The summed E-state index contributed by atoms with van der Waals surface area (Å²) in [4.78, 5) is 30.2. The smallest absolute Gasteiger partial charge is 0.233 e. The Hall–Kier alpha value is -1.83. The average Bonchev–Trinajstić information content (AvgIpc) is 3.14. The van der Waals surface area contributed by atoms with Crippen molar-refractivity contribution in [3.8, 4) is 0 Å². The third-order valence-corrected chi connectivity index (χ3v) is 6.08. The molecule has 0 unspecified atom stereocenters. The van der Waals surface area contributed by atoms with Gasteiger partial charge in [-0.15, -0.1) is 23.1 Å². The number of carbonyl (C=O) groups excluding carboxylic acids is 2. The van der Waals surface area contributed by atoms with Crippen LogP contribution >= 0.6 is 23.1 Å². The fourth-order valence-corrected chi connectivity index (χ4v) is 4.40. The Kier molecular flexibility index (Phi) is 6.71. The molecule has 1 aromatic heterocycles. The molecule has 0 spiro atoms. The van der Waals surface area contributed by atoms with Gasteiger partial charge in [-0.2, -0.15) is 0 Å². The summed E-state index contributed by atoms with van der Waals surface area (Å²) in [7, 11) is 0. The third-order valence-electron chi connectivity index (χ3n) is 4.22. The quantitative estimate of drug-likeness (QED) is 0.771. The molecular weight excluding hydrogens is 366 g/mol. The van der Waals surface area contributed by atoms with E-state index in [9.17, 15) is 9.59 Å². The number of amides is 2. The van der Waals surface area contributed by atoms with Crippen LogP contribution in [0.1, 0.15) is 11.8 Å². The predicted octanol–water partition coefficient (Wildman–Crippen LogP) is 3.14. The highest BCUT2D eigenvalue weighted by molar-refractivity contribution is 8.00. The van der Waals surface area contributed by atoms with Crippen molar-refractivity contribution in [1.29, 1.82) is 0 Å². The Morgan fingerprint density at radius 1 is 1.12 bits per heavy atom. The molecule has 2 aromatic rings.